The van der Waals surface area contributed by atoms with E-state index in [1.165, 1.54) is 262 Å². The van der Waals surface area contributed by atoms with Gasteiger partial charge in [-0.1, -0.05) is 207 Å². The third kappa shape index (κ3) is 33.6. The summed E-state index contributed by atoms with van der Waals surface area (Å²) >= 11 is 0. The molecule has 1 nitrogen and oxygen atoms in total. The summed E-state index contributed by atoms with van der Waals surface area (Å²) in [6.07, 6.45) is 52.7. The van der Waals surface area contributed by atoms with Gasteiger partial charge < -0.3 is 4.48 Å². The number of nitrogens with zero attached hydrogens (tertiary/aromatic N) is 1. The summed E-state index contributed by atoms with van der Waals surface area (Å²) in [5.74, 6) is 0. The van der Waals surface area contributed by atoms with Crippen molar-refractivity contribution in [1.29, 1.82) is 0 Å². The summed E-state index contributed by atoms with van der Waals surface area (Å²) in [5.41, 5.74) is 0. The molecule has 0 aromatic heterocycles. The number of unbranched alkanes of at least 4 members (excludes halogenated alkanes) is 32. The van der Waals surface area contributed by atoms with Gasteiger partial charge in [-0.2, -0.15) is 0 Å². The van der Waals surface area contributed by atoms with E-state index in [2.05, 4.69) is 27.7 Å². The Morgan fingerprint density at radius 2 is 0.311 bits per heavy atom. The van der Waals surface area contributed by atoms with E-state index in [-0.39, 0.29) is 0 Å². The third-order valence-corrected chi connectivity index (χ3v) is 10.9. The Balaban J connectivity index is 4.36. The first-order chi connectivity index (χ1) is 22.2. The lowest BCUT2D eigenvalue weighted by atomic mass is 10.0. The molecule has 0 fully saturated rings. The van der Waals surface area contributed by atoms with E-state index in [4.69, 9.17) is 0 Å². The van der Waals surface area contributed by atoms with Gasteiger partial charge in [-0.05, 0) is 51.4 Å². The Hall–Kier alpha value is -0.0400. The van der Waals surface area contributed by atoms with E-state index in [9.17, 15) is 0 Å². The zero-order valence-electron chi connectivity index (χ0n) is 32.7. The van der Waals surface area contributed by atoms with Gasteiger partial charge in [0, 0.05) is 0 Å². The van der Waals surface area contributed by atoms with E-state index in [1.807, 2.05) is 0 Å². The molecule has 0 aliphatic rings. The highest BCUT2D eigenvalue weighted by Crippen LogP contribution is 2.21. The Kier molecular flexibility index (Phi) is 38.4. The van der Waals surface area contributed by atoms with Crippen molar-refractivity contribution < 1.29 is 4.48 Å². The second-order valence-corrected chi connectivity index (χ2v) is 15.5. The molecule has 272 valence electrons. The minimum absolute atomic E-state index is 1.37. The SMILES string of the molecule is CCCCCCCCCCCCCCCCCCCC[N+](CCCCCCCC)(CCCCCCCC)CCCCCCCC. The molecule has 45 heavy (non-hydrogen) atoms. The van der Waals surface area contributed by atoms with Crippen LogP contribution in [0.1, 0.15) is 259 Å². The second-order valence-electron chi connectivity index (χ2n) is 15.5. The molecule has 0 heterocycles. The lowest BCUT2D eigenvalue weighted by Gasteiger charge is -2.40. The molecular weight excluding hydrogens is 542 g/mol. The fourth-order valence-corrected chi connectivity index (χ4v) is 7.70. The number of rotatable bonds is 40. The predicted octanol–water partition coefficient (Wildman–Crippen LogP) is 15.9. The summed E-state index contributed by atoms with van der Waals surface area (Å²) in [7, 11) is 0. The van der Waals surface area contributed by atoms with Crippen LogP contribution in [0.3, 0.4) is 0 Å². The molecule has 0 rings (SSSR count). The molecule has 0 radical (unpaired) electrons. The molecule has 0 bridgehead atoms. The zero-order valence-corrected chi connectivity index (χ0v) is 32.7. The molecule has 0 N–H and O–H groups in total. The van der Waals surface area contributed by atoms with Crippen molar-refractivity contribution in [2.75, 3.05) is 26.2 Å². The van der Waals surface area contributed by atoms with Crippen molar-refractivity contribution >= 4 is 0 Å². The maximum atomic E-state index is 2.35. The lowest BCUT2D eigenvalue weighted by Crippen LogP contribution is -2.50. The van der Waals surface area contributed by atoms with Crippen molar-refractivity contribution in [2.45, 2.75) is 259 Å². The molecule has 1 heteroatoms. The quantitative estimate of drug-likeness (QED) is 0.0465. The van der Waals surface area contributed by atoms with E-state index in [0.717, 1.165) is 0 Å². The zero-order chi connectivity index (χ0) is 32.8. The molecule has 0 spiro atoms. The van der Waals surface area contributed by atoms with E-state index in [1.54, 1.807) is 0 Å². The number of hydrogen-bond acceptors (Lipinski definition) is 0. The van der Waals surface area contributed by atoms with Crippen LogP contribution in [0.5, 0.6) is 0 Å². The standard InChI is InChI=1S/C44H92N/c1-5-9-13-17-21-22-23-24-25-26-27-28-29-30-31-32-36-40-44-45(41-37-33-18-14-10-6-2,42-38-34-19-15-11-7-3)43-39-35-20-16-12-8-4/h5-44H2,1-4H3/q+1. The summed E-state index contributed by atoms with van der Waals surface area (Å²) < 4.78 is 1.48. The first-order valence-electron chi connectivity index (χ1n) is 22.1. The fourth-order valence-electron chi connectivity index (χ4n) is 7.70. The minimum atomic E-state index is 1.37. The Morgan fingerprint density at radius 3 is 0.467 bits per heavy atom. The normalized spacial score (nSPS) is 12.0. The Bertz CT molecular complexity index is 472. The average molecular weight is 635 g/mol. The third-order valence-electron chi connectivity index (χ3n) is 10.9. The molecule has 0 aliphatic carbocycles. The molecule has 0 saturated carbocycles. The van der Waals surface area contributed by atoms with Crippen LogP contribution in [-0.2, 0) is 0 Å². The van der Waals surface area contributed by atoms with Gasteiger partial charge >= 0.3 is 0 Å². The number of quaternary nitrogens is 1. The van der Waals surface area contributed by atoms with Crippen molar-refractivity contribution in [3.8, 4) is 0 Å². The lowest BCUT2D eigenvalue weighted by molar-refractivity contribution is -0.929. The maximum Gasteiger partial charge on any atom is 0.0786 e. The first kappa shape index (κ1) is 45.0. The largest absolute Gasteiger partial charge is 0.324 e. The number of hydrogen-bond donors (Lipinski definition) is 0. The highest BCUT2D eigenvalue weighted by Gasteiger charge is 2.25. The summed E-state index contributed by atoms with van der Waals surface area (Å²) in [6, 6.07) is 0. The fraction of sp³-hybridized carbons (Fsp3) is 1.00. The van der Waals surface area contributed by atoms with Crippen LogP contribution < -0.4 is 0 Å². The van der Waals surface area contributed by atoms with Gasteiger partial charge in [0.15, 0.2) is 0 Å². The van der Waals surface area contributed by atoms with Crippen LogP contribution in [0, 0.1) is 0 Å². The second kappa shape index (κ2) is 38.4. The van der Waals surface area contributed by atoms with Gasteiger partial charge in [-0.25, -0.2) is 0 Å². The van der Waals surface area contributed by atoms with E-state index < -0.39 is 0 Å². The highest BCUT2D eigenvalue weighted by atomic mass is 15.3. The van der Waals surface area contributed by atoms with Crippen LogP contribution >= 0.6 is 0 Å². The van der Waals surface area contributed by atoms with Crippen LogP contribution in [0.2, 0.25) is 0 Å². The molecule has 0 aliphatic heterocycles. The molecule has 0 aromatic carbocycles. The van der Waals surface area contributed by atoms with Gasteiger partial charge in [-0.15, -0.1) is 0 Å². The van der Waals surface area contributed by atoms with Crippen molar-refractivity contribution in [3.05, 3.63) is 0 Å². The smallest absolute Gasteiger partial charge is 0.0786 e. The van der Waals surface area contributed by atoms with E-state index in [0.29, 0.717) is 0 Å². The van der Waals surface area contributed by atoms with Gasteiger partial charge in [0.25, 0.3) is 0 Å². The van der Waals surface area contributed by atoms with Crippen LogP contribution in [0.15, 0.2) is 0 Å². The van der Waals surface area contributed by atoms with E-state index >= 15 is 0 Å². The van der Waals surface area contributed by atoms with Gasteiger partial charge in [0.2, 0.25) is 0 Å². The van der Waals surface area contributed by atoms with Crippen LogP contribution in [-0.4, -0.2) is 30.7 Å². The summed E-state index contributed by atoms with van der Waals surface area (Å²) in [5, 5.41) is 0. The molecule has 0 saturated heterocycles. The van der Waals surface area contributed by atoms with Crippen LogP contribution in [0.25, 0.3) is 0 Å². The topological polar surface area (TPSA) is 0 Å². The average Bonchev–Trinajstić information content (AvgIpc) is 3.05. The van der Waals surface area contributed by atoms with Gasteiger partial charge in [-0.3, -0.25) is 0 Å². The molecular formula is C44H92N+. The van der Waals surface area contributed by atoms with Crippen molar-refractivity contribution in [1.82, 2.24) is 0 Å². The molecule has 0 unspecified atom stereocenters. The van der Waals surface area contributed by atoms with Crippen LogP contribution in [0.4, 0.5) is 0 Å². The first-order valence-corrected chi connectivity index (χ1v) is 22.1. The molecule has 0 aromatic rings. The minimum Gasteiger partial charge on any atom is -0.324 e. The monoisotopic (exact) mass is 635 g/mol. The Morgan fingerprint density at radius 1 is 0.178 bits per heavy atom. The maximum absolute atomic E-state index is 2.35. The predicted molar refractivity (Wildman–Crippen MR) is 209 cm³/mol. The van der Waals surface area contributed by atoms with Crippen molar-refractivity contribution in [3.63, 3.8) is 0 Å². The highest BCUT2D eigenvalue weighted by molar-refractivity contribution is 4.56. The molecule has 0 atom stereocenters. The van der Waals surface area contributed by atoms with Crippen molar-refractivity contribution in [2.24, 2.45) is 0 Å². The summed E-state index contributed by atoms with van der Waals surface area (Å²) in [6.45, 7) is 15.3. The Labute approximate surface area is 288 Å². The molecule has 0 amide bonds. The van der Waals surface area contributed by atoms with Gasteiger partial charge in [0.05, 0.1) is 26.2 Å². The van der Waals surface area contributed by atoms with Gasteiger partial charge in [0.1, 0.15) is 0 Å². The summed E-state index contributed by atoms with van der Waals surface area (Å²) in [4.78, 5) is 0.